The van der Waals surface area contributed by atoms with Gasteiger partial charge in [-0.05, 0) is 18.2 Å². The Hall–Kier alpha value is -2.80. The van der Waals surface area contributed by atoms with Crippen molar-refractivity contribution in [3.8, 4) is 11.6 Å². The molecule has 0 aliphatic carbocycles. The van der Waals surface area contributed by atoms with Crippen LogP contribution in [0.1, 0.15) is 0 Å². The minimum atomic E-state index is -0.485. The van der Waals surface area contributed by atoms with Gasteiger partial charge >= 0.3 is 0 Å². The fraction of sp³-hybridized carbons (Fsp3) is 0. The number of benzene rings is 1. The van der Waals surface area contributed by atoms with Crippen molar-refractivity contribution in [2.75, 3.05) is 0 Å². The molecule has 0 saturated heterocycles. The normalized spacial score (nSPS) is 10.5. The molecule has 104 valence electrons. The van der Waals surface area contributed by atoms with Crippen molar-refractivity contribution in [3.05, 3.63) is 58.1 Å². The van der Waals surface area contributed by atoms with Gasteiger partial charge in [0.2, 0.25) is 5.88 Å². The molecule has 21 heavy (non-hydrogen) atoms. The average Bonchev–Trinajstić information content (AvgIpc) is 2.47. The number of non-ortho nitro benzene ring substituents is 1. The zero-order chi connectivity index (χ0) is 14.8. The van der Waals surface area contributed by atoms with E-state index in [1.54, 1.807) is 12.1 Å². The molecule has 2 aromatic heterocycles. The van der Waals surface area contributed by atoms with Crippen LogP contribution in [0, 0.1) is 10.1 Å². The monoisotopic (exact) mass is 302 g/mol. The highest BCUT2D eigenvalue weighted by Gasteiger charge is 2.16. The van der Waals surface area contributed by atoms with E-state index in [4.69, 9.17) is 16.3 Å². The summed E-state index contributed by atoms with van der Waals surface area (Å²) in [6, 6.07) is 7.65. The molecule has 8 heteroatoms. The zero-order valence-corrected chi connectivity index (χ0v) is 11.2. The van der Waals surface area contributed by atoms with Crippen LogP contribution >= 0.6 is 11.6 Å². The van der Waals surface area contributed by atoms with Gasteiger partial charge in [-0.25, -0.2) is 15.0 Å². The smallest absolute Gasteiger partial charge is 0.295 e. The predicted molar refractivity (Wildman–Crippen MR) is 75.5 cm³/mol. The van der Waals surface area contributed by atoms with Crippen molar-refractivity contribution >= 4 is 28.2 Å². The van der Waals surface area contributed by atoms with Gasteiger partial charge < -0.3 is 4.74 Å². The SMILES string of the molecule is O=[N+]([O-])c1ccc(Oc2cc(Cl)ncn2)c2cccnc12. The van der Waals surface area contributed by atoms with Gasteiger partial charge in [-0.3, -0.25) is 10.1 Å². The maximum atomic E-state index is 11.0. The van der Waals surface area contributed by atoms with Crippen LogP contribution in [0.25, 0.3) is 10.9 Å². The van der Waals surface area contributed by atoms with Crippen molar-refractivity contribution in [3.63, 3.8) is 0 Å². The van der Waals surface area contributed by atoms with Crippen molar-refractivity contribution < 1.29 is 9.66 Å². The summed E-state index contributed by atoms with van der Waals surface area (Å²) in [5.41, 5.74) is 0.166. The first-order chi connectivity index (χ1) is 10.1. The van der Waals surface area contributed by atoms with E-state index in [0.717, 1.165) is 0 Å². The first-order valence-corrected chi connectivity index (χ1v) is 6.20. The van der Waals surface area contributed by atoms with Gasteiger partial charge in [-0.2, -0.15) is 0 Å². The lowest BCUT2D eigenvalue weighted by atomic mass is 10.1. The van der Waals surface area contributed by atoms with E-state index in [1.807, 2.05) is 0 Å². The molecule has 0 fully saturated rings. The maximum Gasteiger partial charge on any atom is 0.295 e. The second kappa shape index (κ2) is 5.29. The first kappa shape index (κ1) is 13.2. The van der Waals surface area contributed by atoms with E-state index < -0.39 is 4.92 Å². The molecule has 0 bridgehead atoms. The van der Waals surface area contributed by atoms with Gasteiger partial charge in [0.05, 0.1) is 10.3 Å². The van der Waals surface area contributed by atoms with Gasteiger partial charge in [0.1, 0.15) is 17.2 Å². The van der Waals surface area contributed by atoms with E-state index in [2.05, 4.69) is 15.0 Å². The molecule has 0 amide bonds. The Morgan fingerprint density at radius 2 is 2.05 bits per heavy atom. The van der Waals surface area contributed by atoms with Gasteiger partial charge in [-0.15, -0.1) is 0 Å². The van der Waals surface area contributed by atoms with E-state index >= 15 is 0 Å². The molecule has 0 aliphatic heterocycles. The molecule has 0 atom stereocenters. The van der Waals surface area contributed by atoms with Crippen LogP contribution in [-0.4, -0.2) is 19.9 Å². The largest absolute Gasteiger partial charge is 0.438 e. The molecule has 3 aromatic rings. The Kier molecular flexibility index (Phi) is 3.33. The van der Waals surface area contributed by atoms with Gasteiger partial charge in [0.25, 0.3) is 5.69 Å². The minimum absolute atomic E-state index is 0.0846. The van der Waals surface area contributed by atoms with Gasteiger partial charge in [-0.1, -0.05) is 11.6 Å². The van der Waals surface area contributed by atoms with Crippen LogP contribution in [0.3, 0.4) is 0 Å². The number of halogens is 1. The van der Waals surface area contributed by atoms with Crippen LogP contribution in [0.15, 0.2) is 42.9 Å². The van der Waals surface area contributed by atoms with Gasteiger partial charge in [0, 0.05) is 18.3 Å². The number of hydrogen-bond donors (Lipinski definition) is 0. The molecule has 0 unspecified atom stereocenters. The molecule has 0 spiro atoms. The fourth-order valence-corrected chi connectivity index (χ4v) is 1.99. The summed E-state index contributed by atoms with van der Waals surface area (Å²) >= 11 is 5.76. The van der Waals surface area contributed by atoms with Crippen LogP contribution in [-0.2, 0) is 0 Å². The topological polar surface area (TPSA) is 91.0 Å². The second-order valence-electron chi connectivity index (χ2n) is 4.02. The molecule has 7 nitrogen and oxygen atoms in total. The highest BCUT2D eigenvalue weighted by atomic mass is 35.5. The van der Waals surface area contributed by atoms with Crippen LogP contribution in [0.2, 0.25) is 5.15 Å². The number of nitrogens with zero attached hydrogens (tertiary/aromatic N) is 4. The van der Waals surface area contributed by atoms with Gasteiger partial charge in [0.15, 0.2) is 5.52 Å². The predicted octanol–water partition coefficient (Wildman–Crippen LogP) is 3.38. The molecule has 0 N–H and O–H groups in total. The van der Waals surface area contributed by atoms with E-state index in [0.29, 0.717) is 11.1 Å². The first-order valence-electron chi connectivity index (χ1n) is 5.82. The molecule has 1 aromatic carbocycles. The number of rotatable bonds is 3. The number of fused-ring (bicyclic) bond motifs is 1. The third-order valence-electron chi connectivity index (χ3n) is 2.73. The minimum Gasteiger partial charge on any atom is -0.438 e. The van der Waals surface area contributed by atoms with E-state index in [9.17, 15) is 10.1 Å². The van der Waals surface area contributed by atoms with E-state index in [-0.39, 0.29) is 22.2 Å². The average molecular weight is 303 g/mol. The van der Waals surface area contributed by atoms with Crippen molar-refractivity contribution in [2.24, 2.45) is 0 Å². The number of nitro groups is 1. The summed E-state index contributed by atoms with van der Waals surface area (Å²) < 4.78 is 5.61. The molecular weight excluding hydrogens is 296 g/mol. The zero-order valence-electron chi connectivity index (χ0n) is 10.4. The summed E-state index contributed by atoms with van der Waals surface area (Å²) in [6.07, 6.45) is 2.75. The van der Waals surface area contributed by atoms with Crippen LogP contribution < -0.4 is 4.74 Å². The molecule has 2 heterocycles. The lowest BCUT2D eigenvalue weighted by Crippen LogP contribution is -1.94. The standard InChI is InChI=1S/C13H7ClN4O3/c14-11-6-12(17-7-16-11)21-10-4-3-9(18(19)20)13-8(10)2-1-5-15-13/h1-7H. The maximum absolute atomic E-state index is 11.0. The summed E-state index contributed by atoms with van der Waals surface area (Å²) in [7, 11) is 0. The molecule has 0 radical (unpaired) electrons. The van der Waals surface area contributed by atoms with Crippen LogP contribution in [0.5, 0.6) is 11.6 Å². The number of pyridine rings is 1. The summed E-state index contributed by atoms with van der Waals surface area (Å²) in [4.78, 5) is 22.3. The number of aromatic nitrogens is 3. The summed E-state index contributed by atoms with van der Waals surface area (Å²) in [6.45, 7) is 0. The molecule has 0 saturated carbocycles. The van der Waals surface area contributed by atoms with Crippen LogP contribution in [0.4, 0.5) is 5.69 Å². The Labute approximate surface area is 123 Å². The fourth-order valence-electron chi connectivity index (χ4n) is 1.85. The Bertz CT molecular complexity index is 841. The summed E-state index contributed by atoms with van der Waals surface area (Å²) in [5.74, 6) is 0.646. The second-order valence-corrected chi connectivity index (χ2v) is 4.41. The Balaban J connectivity index is 2.12. The van der Waals surface area contributed by atoms with E-state index in [1.165, 1.54) is 30.7 Å². The Morgan fingerprint density at radius 3 is 2.81 bits per heavy atom. The van der Waals surface area contributed by atoms with Crippen molar-refractivity contribution in [1.29, 1.82) is 0 Å². The summed E-state index contributed by atoms with van der Waals surface area (Å²) in [5, 5.41) is 11.8. The highest BCUT2D eigenvalue weighted by molar-refractivity contribution is 6.29. The molecule has 0 aliphatic rings. The van der Waals surface area contributed by atoms with Crippen molar-refractivity contribution in [1.82, 2.24) is 15.0 Å². The molecular formula is C13H7ClN4O3. The van der Waals surface area contributed by atoms with Crippen molar-refractivity contribution in [2.45, 2.75) is 0 Å². The number of ether oxygens (including phenoxy) is 1. The third-order valence-corrected chi connectivity index (χ3v) is 2.93. The lowest BCUT2D eigenvalue weighted by molar-refractivity contribution is -0.383. The highest BCUT2D eigenvalue weighted by Crippen LogP contribution is 2.33. The Morgan fingerprint density at radius 1 is 1.19 bits per heavy atom. The third kappa shape index (κ3) is 2.59. The molecule has 3 rings (SSSR count). The number of hydrogen-bond acceptors (Lipinski definition) is 6. The number of nitro benzene ring substituents is 1. The lowest BCUT2D eigenvalue weighted by Gasteiger charge is -2.07. The quantitative estimate of drug-likeness (QED) is 0.418.